The molecule has 1 atom stereocenters. The van der Waals surface area contributed by atoms with E-state index in [9.17, 15) is 23.1 Å². The van der Waals surface area contributed by atoms with E-state index in [1.807, 2.05) is 0 Å². The van der Waals surface area contributed by atoms with Crippen molar-refractivity contribution in [1.29, 1.82) is 0 Å². The number of alkyl halides is 3. The van der Waals surface area contributed by atoms with Gasteiger partial charge in [-0.25, -0.2) is 0 Å². The minimum absolute atomic E-state index is 0.0260. The van der Waals surface area contributed by atoms with Crippen LogP contribution in [0.15, 0.2) is 24.3 Å². The van der Waals surface area contributed by atoms with Gasteiger partial charge in [0.2, 0.25) is 5.91 Å². The van der Waals surface area contributed by atoms with E-state index in [1.54, 1.807) is 0 Å². The molecule has 1 aromatic rings. The summed E-state index contributed by atoms with van der Waals surface area (Å²) in [6.07, 6.45) is -1.44. The molecule has 1 saturated carbocycles. The molecule has 1 fully saturated rings. The number of benzene rings is 1. The van der Waals surface area contributed by atoms with Gasteiger partial charge in [-0.05, 0) is 37.1 Å². The molecule has 0 aromatic heterocycles. The molecule has 0 heterocycles. The molecule has 4 nitrogen and oxygen atoms in total. The lowest BCUT2D eigenvalue weighted by atomic mass is 10.1. The minimum Gasteiger partial charge on any atom is -0.491 e. The smallest absolute Gasteiger partial charge is 0.416 e. The molecule has 0 saturated heterocycles. The van der Waals surface area contributed by atoms with Crippen LogP contribution in [0.3, 0.4) is 0 Å². The monoisotopic (exact) mass is 331 g/mol. The molecular weight excluding hydrogens is 311 g/mol. The van der Waals surface area contributed by atoms with Crippen molar-refractivity contribution in [3.05, 3.63) is 29.8 Å². The Bertz CT molecular complexity index is 510. The summed E-state index contributed by atoms with van der Waals surface area (Å²) in [5, 5.41) is 12.4. The van der Waals surface area contributed by atoms with Crippen LogP contribution in [0.5, 0.6) is 5.75 Å². The molecule has 1 aliphatic carbocycles. The van der Waals surface area contributed by atoms with E-state index in [0.717, 1.165) is 37.8 Å². The van der Waals surface area contributed by atoms with E-state index in [2.05, 4.69) is 5.32 Å². The summed E-state index contributed by atoms with van der Waals surface area (Å²) in [5.41, 5.74) is -0.755. The van der Waals surface area contributed by atoms with Crippen molar-refractivity contribution in [1.82, 2.24) is 5.32 Å². The van der Waals surface area contributed by atoms with Gasteiger partial charge in [-0.15, -0.1) is 0 Å². The predicted molar refractivity (Wildman–Crippen MR) is 77.9 cm³/mol. The summed E-state index contributed by atoms with van der Waals surface area (Å²) < 4.78 is 42.5. The van der Waals surface area contributed by atoms with Gasteiger partial charge < -0.3 is 15.2 Å². The molecule has 0 aliphatic heterocycles. The Morgan fingerprint density at radius 1 is 1.26 bits per heavy atom. The van der Waals surface area contributed by atoms with Crippen LogP contribution in [0.4, 0.5) is 13.2 Å². The lowest BCUT2D eigenvalue weighted by Crippen LogP contribution is -2.37. The molecule has 0 radical (unpaired) electrons. The number of aliphatic hydroxyl groups excluding tert-OH is 1. The molecule has 2 rings (SSSR count). The summed E-state index contributed by atoms with van der Waals surface area (Å²) in [5.74, 6) is 0.202. The fraction of sp³-hybridized carbons (Fsp3) is 0.562. The quantitative estimate of drug-likeness (QED) is 0.843. The van der Waals surface area contributed by atoms with Gasteiger partial charge in [0.1, 0.15) is 18.5 Å². The van der Waals surface area contributed by atoms with E-state index >= 15 is 0 Å². The first-order valence-electron chi connectivity index (χ1n) is 7.62. The van der Waals surface area contributed by atoms with Crippen molar-refractivity contribution in [3.8, 4) is 5.75 Å². The molecule has 7 heteroatoms. The number of aliphatic hydroxyl groups is 1. The van der Waals surface area contributed by atoms with Gasteiger partial charge in [-0.2, -0.15) is 13.2 Å². The van der Waals surface area contributed by atoms with E-state index in [4.69, 9.17) is 4.74 Å². The van der Waals surface area contributed by atoms with Crippen LogP contribution in [0.25, 0.3) is 0 Å². The van der Waals surface area contributed by atoms with Crippen LogP contribution in [0, 0.1) is 5.92 Å². The highest BCUT2D eigenvalue weighted by Gasteiger charge is 2.30. The molecule has 0 bridgehead atoms. The lowest BCUT2D eigenvalue weighted by Gasteiger charge is -2.15. The van der Waals surface area contributed by atoms with Gasteiger partial charge >= 0.3 is 6.18 Å². The van der Waals surface area contributed by atoms with Gasteiger partial charge in [0.15, 0.2) is 0 Å². The Kier molecular flexibility index (Phi) is 5.87. The number of hydrogen-bond donors (Lipinski definition) is 2. The number of nitrogens with one attached hydrogen (secondary N) is 1. The van der Waals surface area contributed by atoms with Gasteiger partial charge in [-0.1, -0.05) is 12.8 Å². The summed E-state index contributed by atoms with van der Waals surface area (Å²) in [7, 11) is 0. The van der Waals surface area contributed by atoms with E-state index in [0.29, 0.717) is 0 Å². The third-order valence-corrected chi connectivity index (χ3v) is 3.86. The first-order valence-corrected chi connectivity index (χ1v) is 7.62. The zero-order valence-electron chi connectivity index (χ0n) is 12.6. The third kappa shape index (κ3) is 5.42. The Morgan fingerprint density at radius 3 is 2.43 bits per heavy atom. The van der Waals surface area contributed by atoms with Crippen molar-refractivity contribution >= 4 is 5.91 Å². The molecule has 0 spiro atoms. The van der Waals surface area contributed by atoms with Crippen LogP contribution in [0.1, 0.15) is 31.2 Å². The highest BCUT2D eigenvalue weighted by atomic mass is 19.4. The van der Waals surface area contributed by atoms with Crippen molar-refractivity contribution < 1.29 is 27.8 Å². The summed E-state index contributed by atoms with van der Waals surface area (Å²) in [6, 6.07) is 4.24. The van der Waals surface area contributed by atoms with Crippen molar-refractivity contribution in [3.63, 3.8) is 0 Å². The van der Waals surface area contributed by atoms with Crippen LogP contribution in [-0.2, 0) is 11.0 Å². The Labute approximate surface area is 132 Å². The molecule has 1 amide bonds. The first kappa shape index (κ1) is 17.6. The number of amides is 1. The highest BCUT2D eigenvalue weighted by molar-refractivity contribution is 5.78. The molecule has 1 aromatic carbocycles. The maximum Gasteiger partial charge on any atom is 0.416 e. The normalized spacial score (nSPS) is 17.0. The Hall–Kier alpha value is -1.76. The fourth-order valence-corrected chi connectivity index (χ4v) is 2.54. The number of rotatable bonds is 6. The number of ether oxygens (including phenoxy) is 1. The number of carbonyl (C=O) groups is 1. The van der Waals surface area contributed by atoms with E-state index in [1.165, 1.54) is 12.1 Å². The summed E-state index contributed by atoms with van der Waals surface area (Å²) >= 11 is 0. The largest absolute Gasteiger partial charge is 0.491 e. The fourth-order valence-electron chi connectivity index (χ4n) is 2.54. The number of hydrogen-bond acceptors (Lipinski definition) is 3. The predicted octanol–water partition coefficient (Wildman–Crippen LogP) is 2.75. The van der Waals surface area contributed by atoms with Crippen LogP contribution < -0.4 is 10.1 Å². The standard InChI is InChI=1S/C16H20F3NO3/c17-16(18,19)12-5-7-14(8-6-12)23-10-13(21)9-20-15(22)11-3-1-2-4-11/h5-8,11,13,21H,1-4,9-10H2,(H,20,22). The highest BCUT2D eigenvalue weighted by Crippen LogP contribution is 2.30. The second-order valence-corrected chi connectivity index (χ2v) is 5.71. The second-order valence-electron chi connectivity index (χ2n) is 5.71. The molecule has 128 valence electrons. The maximum absolute atomic E-state index is 12.4. The number of carbonyl (C=O) groups excluding carboxylic acids is 1. The maximum atomic E-state index is 12.4. The topological polar surface area (TPSA) is 58.6 Å². The van der Waals surface area contributed by atoms with Gasteiger partial charge in [0, 0.05) is 12.5 Å². The van der Waals surface area contributed by atoms with E-state index in [-0.39, 0.29) is 30.7 Å². The Balaban J connectivity index is 1.71. The first-order chi connectivity index (χ1) is 10.9. The SMILES string of the molecule is O=C(NCC(O)COc1ccc(C(F)(F)F)cc1)C1CCCC1. The van der Waals surface area contributed by atoms with Crippen LogP contribution in [-0.4, -0.2) is 30.3 Å². The van der Waals surface area contributed by atoms with Crippen LogP contribution in [0.2, 0.25) is 0 Å². The lowest BCUT2D eigenvalue weighted by molar-refractivity contribution is -0.137. The number of halogens is 3. The summed E-state index contributed by atoms with van der Waals surface area (Å²) in [4.78, 5) is 11.8. The molecule has 1 aliphatic rings. The Morgan fingerprint density at radius 2 is 1.87 bits per heavy atom. The minimum atomic E-state index is -4.39. The van der Waals surface area contributed by atoms with Gasteiger partial charge in [0.25, 0.3) is 0 Å². The molecular formula is C16H20F3NO3. The molecule has 1 unspecified atom stereocenters. The summed E-state index contributed by atoms with van der Waals surface area (Å²) in [6.45, 7) is -0.0354. The van der Waals surface area contributed by atoms with Gasteiger partial charge in [0.05, 0.1) is 5.56 Å². The zero-order valence-corrected chi connectivity index (χ0v) is 12.6. The average molecular weight is 331 g/mol. The average Bonchev–Trinajstić information content (AvgIpc) is 3.04. The third-order valence-electron chi connectivity index (χ3n) is 3.86. The van der Waals surface area contributed by atoms with Gasteiger partial charge in [-0.3, -0.25) is 4.79 Å². The molecule has 23 heavy (non-hydrogen) atoms. The zero-order chi connectivity index (χ0) is 16.9. The molecule has 2 N–H and O–H groups in total. The second kappa shape index (κ2) is 7.68. The van der Waals surface area contributed by atoms with Crippen molar-refractivity contribution in [2.24, 2.45) is 5.92 Å². The van der Waals surface area contributed by atoms with Crippen LogP contribution >= 0.6 is 0 Å². The van der Waals surface area contributed by atoms with Crippen molar-refractivity contribution in [2.75, 3.05) is 13.2 Å². The van der Waals surface area contributed by atoms with Crippen molar-refractivity contribution in [2.45, 2.75) is 38.0 Å². The van der Waals surface area contributed by atoms with E-state index < -0.39 is 17.8 Å².